The van der Waals surface area contributed by atoms with Crippen molar-refractivity contribution in [2.75, 3.05) is 0 Å². The molecule has 0 aliphatic heterocycles. The number of aldehydes is 1. The van der Waals surface area contributed by atoms with Crippen molar-refractivity contribution < 1.29 is 13.6 Å². The molecule has 11 heavy (non-hydrogen) atoms. The van der Waals surface area contributed by atoms with E-state index in [9.17, 15) is 13.6 Å². The summed E-state index contributed by atoms with van der Waals surface area (Å²) < 4.78 is 24.6. The van der Waals surface area contributed by atoms with Crippen LogP contribution < -0.4 is 0 Å². The molecule has 0 aromatic carbocycles. The van der Waals surface area contributed by atoms with Gasteiger partial charge >= 0.3 is 0 Å². The molecule has 0 amide bonds. The van der Waals surface area contributed by atoms with Gasteiger partial charge in [0.15, 0.2) is 6.29 Å². The van der Waals surface area contributed by atoms with E-state index in [0.29, 0.717) is 6.29 Å². The van der Waals surface area contributed by atoms with Crippen LogP contribution in [0.25, 0.3) is 0 Å². The van der Waals surface area contributed by atoms with Gasteiger partial charge in [0, 0.05) is 6.20 Å². The van der Waals surface area contributed by atoms with Gasteiger partial charge in [-0.05, 0) is 0 Å². The Kier molecular flexibility index (Phi) is 2.30. The Hall–Kier alpha value is -1.26. The highest BCUT2D eigenvalue weighted by Crippen LogP contribution is 1.99. The number of carbonyl (C=O) groups excluding carboxylic acids is 1. The zero-order valence-electron chi connectivity index (χ0n) is 5.58. The molecule has 0 fully saturated rings. The molecule has 1 heterocycles. The molecule has 3 nitrogen and oxygen atoms in total. The van der Waals surface area contributed by atoms with Crippen LogP contribution in [0.5, 0.6) is 0 Å². The van der Waals surface area contributed by atoms with E-state index in [4.69, 9.17) is 0 Å². The quantitative estimate of drug-likeness (QED) is 0.617. The van der Waals surface area contributed by atoms with Crippen molar-refractivity contribution in [3.8, 4) is 0 Å². The molecule has 60 valence electrons. The monoisotopic (exact) mass is 160 g/mol. The maximum absolute atomic E-state index is 11.7. The summed E-state index contributed by atoms with van der Waals surface area (Å²) in [6.45, 7) is -0.416. The highest BCUT2D eigenvalue weighted by molar-refractivity contribution is 5.70. The van der Waals surface area contributed by atoms with Crippen LogP contribution in [0.2, 0.25) is 0 Å². The van der Waals surface area contributed by atoms with Gasteiger partial charge in [0.05, 0.1) is 12.9 Å². The Morgan fingerprint density at radius 2 is 2.45 bits per heavy atom. The second-order valence-electron chi connectivity index (χ2n) is 2.00. The second-order valence-corrected chi connectivity index (χ2v) is 2.00. The van der Waals surface area contributed by atoms with Crippen molar-refractivity contribution >= 4 is 6.29 Å². The van der Waals surface area contributed by atoms with Gasteiger partial charge in [-0.1, -0.05) is 0 Å². The van der Waals surface area contributed by atoms with E-state index in [1.807, 2.05) is 0 Å². The first kappa shape index (κ1) is 7.84. The number of alkyl halides is 2. The highest BCUT2D eigenvalue weighted by atomic mass is 19.3. The van der Waals surface area contributed by atoms with Crippen molar-refractivity contribution in [1.82, 2.24) is 9.55 Å². The number of carbonyl (C=O) groups is 1. The Balaban J connectivity index is 2.65. The minimum Gasteiger partial charge on any atom is -0.331 e. The standard InChI is InChI=1S/C6H6F2N2O/c7-6(8)2-10-1-5(3-11)9-4-10/h1,3-4,6H,2H2. The number of hydrogen-bond donors (Lipinski definition) is 0. The molecule has 0 saturated carbocycles. The number of imidazole rings is 1. The van der Waals surface area contributed by atoms with Gasteiger partial charge in [0.1, 0.15) is 5.69 Å². The first-order valence-corrected chi connectivity index (χ1v) is 2.97. The second kappa shape index (κ2) is 3.23. The highest BCUT2D eigenvalue weighted by Gasteiger charge is 2.03. The third-order valence-electron chi connectivity index (χ3n) is 1.12. The third kappa shape index (κ3) is 2.10. The molecule has 0 radical (unpaired) electrons. The van der Waals surface area contributed by atoms with Crippen LogP contribution in [0.3, 0.4) is 0 Å². The molecule has 1 aromatic rings. The third-order valence-corrected chi connectivity index (χ3v) is 1.12. The fourth-order valence-corrected chi connectivity index (χ4v) is 0.697. The lowest BCUT2D eigenvalue weighted by Gasteiger charge is -1.97. The van der Waals surface area contributed by atoms with Crippen molar-refractivity contribution in [2.24, 2.45) is 0 Å². The summed E-state index contributed by atoms with van der Waals surface area (Å²) in [5.74, 6) is 0. The minimum atomic E-state index is -2.41. The van der Waals surface area contributed by atoms with E-state index < -0.39 is 13.0 Å². The molecule has 0 spiro atoms. The van der Waals surface area contributed by atoms with Gasteiger partial charge in [0.25, 0.3) is 6.43 Å². The van der Waals surface area contributed by atoms with E-state index in [2.05, 4.69) is 4.98 Å². The van der Waals surface area contributed by atoms with Crippen molar-refractivity contribution in [3.63, 3.8) is 0 Å². The summed E-state index contributed by atoms with van der Waals surface area (Å²) in [6, 6.07) is 0. The molecule has 0 atom stereocenters. The van der Waals surface area contributed by atoms with Crippen LogP contribution in [0.1, 0.15) is 10.5 Å². The molecule has 0 unspecified atom stereocenters. The lowest BCUT2D eigenvalue weighted by atomic mass is 10.5. The van der Waals surface area contributed by atoms with Gasteiger partial charge in [-0.25, -0.2) is 13.8 Å². The first-order chi connectivity index (χ1) is 5.22. The summed E-state index contributed by atoms with van der Waals surface area (Å²) in [5.41, 5.74) is 0.172. The summed E-state index contributed by atoms with van der Waals surface area (Å²) in [5, 5.41) is 0. The number of aromatic nitrogens is 2. The fraction of sp³-hybridized carbons (Fsp3) is 0.333. The van der Waals surface area contributed by atoms with Gasteiger partial charge in [0.2, 0.25) is 0 Å². The lowest BCUT2D eigenvalue weighted by molar-refractivity contribution is 0.111. The molecular weight excluding hydrogens is 154 g/mol. The summed E-state index contributed by atoms with van der Waals surface area (Å²) >= 11 is 0. The maximum atomic E-state index is 11.7. The zero-order chi connectivity index (χ0) is 8.27. The number of hydrogen-bond acceptors (Lipinski definition) is 2. The zero-order valence-corrected chi connectivity index (χ0v) is 5.58. The van der Waals surface area contributed by atoms with Gasteiger partial charge in [-0.15, -0.1) is 0 Å². The van der Waals surface area contributed by atoms with Gasteiger partial charge in [-0.3, -0.25) is 4.79 Å². The van der Waals surface area contributed by atoms with Crippen molar-refractivity contribution in [2.45, 2.75) is 13.0 Å². The van der Waals surface area contributed by atoms with Crippen LogP contribution >= 0.6 is 0 Å². The Morgan fingerprint density at radius 1 is 1.73 bits per heavy atom. The molecule has 1 rings (SSSR count). The average molecular weight is 160 g/mol. The summed E-state index contributed by atoms with van der Waals surface area (Å²) in [4.78, 5) is 13.6. The molecule has 0 aliphatic rings. The average Bonchev–Trinajstić information content (AvgIpc) is 2.34. The van der Waals surface area contributed by atoms with E-state index in [-0.39, 0.29) is 5.69 Å². The minimum absolute atomic E-state index is 0.172. The maximum Gasteiger partial charge on any atom is 0.256 e. The van der Waals surface area contributed by atoms with Gasteiger partial charge in [-0.2, -0.15) is 0 Å². The Bertz CT molecular complexity index is 246. The van der Waals surface area contributed by atoms with Crippen molar-refractivity contribution in [1.29, 1.82) is 0 Å². The number of halogens is 2. The molecule has 0 saturated heterocycles. The fourth-order valence-electron chi connectivity index (χ4n) is 0.697. The first-order valence-electron chi connectivity index (χ1n) is 2.97. The van der Waals surface area contributed by atoms with Crippen LogP contribution in [-0.4, -0.2) is 22.3 Å². The summed E-state index contributed by atoms with van der Waals surface area (Å²) in [6.07, 6.45) is 0.584. The SMILES string of the molecule is O=Cc1cn(CC(F)F)cn1. The molecule has 0 bridgehead atoms. The molecular formula is C6H6F2N2O. The van der Waals surface area contributed by atoms with E-state index in [1.165, 1.54) is 17.1 Å². The van der Waals surface area contributed by atoms with Crippen LogP contribution in [0.4, 0.5) is 8.78 Å². The summed E-state index contributed by atoms with van der Waals surface area (Å²) in [7, 11) is 0. The van der Waals surface area contributed by atoms with Crippen LogP contribution in [-0.2, 0) is 6.54 Å². The molecule has 5 heteroatoms. The predicted molar refractivity (Wildman–Crippen MR) is 33.6 cm³/mol. The normalized spacial score (nSPS) is 10.5. The Labute approximate surface area is 61.7 Å². The molecule has 0 N–H and O–H groups in total. The van der Waals surface area contributed by atoms with Crippen LogP contribution in [0, 0.1) is 0 Å². The smallest absolute Gasteiger partial charge is 0.256 e. The van der Waals surface area contributed by atoms with E-state index in [0.717, 1.165) is 0 Å². The largest absolute Gasteiger partial charge is 0.331 e. The number of rotatable bonds is 3. The molecule has 0 aliphatic carbocycles. The molecule has 1 aromatic heterocycles. The van der Waals surface area contributed by atoms with Gasteiger partial charge < -0.3 is 4.57 Å². The van der Waals surface area contributed by atoms with E-state index in [1.54, 1.807) is 0 Å². The van der Waals surface area contributed by atoms with Crippen LogP contribution in [0.15, 0.2) is 12.5 Å². The number of nitrogens with zero attached hydrogens (tertiary/aromatic N) is 2. The lowest BCUT2D eigenvalue weighted by Crippen LogP contribution is -2.03. The van der Waals surface area contributed by atoms with E-state index >= 15 is 0 Å². The predicted octanol–water partition coefficient (Wildman–Crippen LogP) is 0.961. The van der Waals surface area contributed by atoms with Crippen molar-refractivity contribution in [3.05, 3.63) is 18.2 Å². The Morgan fingerprint density at radius 3 is 2.91 bits per heavy atom. The topological polar surface area (TPSA) is 34.9 Å².